The molecule has 0 spiro atoms. The molecule has 0 aliphatic heterocycles. The first kappa shape index (κ1) is 21.9. The highest BCUT2D eigenvalue weighted by Gasteiger charge is 2.46. The van der Waals surface area contributed by atoms with Gasteiger partial charge in [0, 0.05) is 5.92 Å². The van der Waals surface area contributed by atoms with Crippen molar-refractivity contribution in [2.45, 2.75) is 92.5 Å². The first-order valence-corrected chi connectivity index (χ1v) is 8.77. The van der Waals surface area contributed by atoms with Crippen LogP contribution in [0.4, 0.5) is 0 Å². The molecule has 7 atom stereocenters. The van der Waals surface area contributed by atoms with Gasteiger partial charge in [0.2, 0.25) is 0 Å². The normalized spacial score (nSPS) is 25.5. The molecular weight excluding hydrogens is 276 g/mol. The standard InChI is InChI=1S/C19H40O3/c1-11-18(9,21)14(4)12(2)13(3)15(5)19(10,22)16(6)17(7,8)20/h12-16,20-22H,11H2,1-10H3. The highest BCUT2D eigenvalue weighted by Crippen LogP contribution is 2.42. The number of rotatable bonds is 8. The summed E-state index contributed by atoms with van der Waals surface area (Å²) >= 11 is 0. The van der Waals surface area contributed by atoms with E-state index < -0.39 is 16.8 Å². The average molecular weight is 317 g/mol. The Hall–Kier alpha value is -0.120. The van der Waals surface area contributed by atoms with Gasteiger partial charge in [-0.3, -0.25) is 0 Å². The molecule has 0 saturated heterocycles. The van der Waals surface area contributed by atoms with Crippen LogP contribution in [0.5, 0.6) is 0 Å². The van der Waals surface area contributed by atoms with Gasteiger partial charge in [0.25, 0.3) is 0 Å². The maximum Gasteiger partial charge on any atom is 0.0700 e. The quantitative estimate of drug-likeness (QED) is 0.637. The second-order valence-electron chi connectivity index (χ2n) is 8.61. The maximum atomic E-state index is 11.0. The fourth-order valence-corrected chi connectivity index (χ4v) is 3.44. The van der Waals surface area contributed by atoms with Crippen molar-refractivity contribution in [2.75, 3.05) is 0 Å². The first-order chi connectivity index (χ1) is 9.60. The zero-order valence-corrected chi connectivity index (χ0v) is 16.4. The van der Waals surface area contributed by atoms with Crippen LogP contribution < -0.4 is 0 Å². The van der Waals surface area contributed by atoms with E-state index in [0.29, 0.717) is 0 Å². The fourth-order valence-electron chi connectivity index (χ4n) is 3.44. The number of aliphatic hydroxyl groups is 3. The van der Waals surface area contributed by atoms with Crippen LogP contribution in [0.2, 0.25) is 0 Å². The molecule has 0 aromatic carbocycles. The Bertz CT molecular complexity index is 341. The molecule has 3 N–H and O–H groups in total. The number of hydrogen-bond acceptors (Lipinski definition) is 3. The molecule has 0 aliphatic carbocycles. The summed E-state index contributed by atoms with van der Waals surface area (Å²) in [5.41, 5.74) is -2.59. The summed E-state index contributed by atoms with van der Waals surface area (Å²) in [6.07, 6.45) is 0.718. The molecule has 0 amide bonds. The lowest BCUT2D eigenvalue weighted by atomic mass is 9.63. The molecule has 3 heteroatoms. The van der Waals surface area contributed by atoms with Crippen LogP contribution in [0.1, 0.15) is 75.7 Å². The van der Waals surface area contributed by atoms with Gasteiger partial charge in [0.15, 0.2) is 0 Å². The van der Waals surface area contributed by atoms with Gasteiger partial charge in [-0.25, -0.2) is 0 Å². The molecule has 0 aromatic heterocycles. The molecule has 3 nitrogen and oxygen atoms in total. The molecule has 0 aliphatic rings. The van der Waals surface area contributed by atoms with Crippen molar-refractivity contribution in [1.29, 1.82) is 0 Å². The summed E-state index contributed by atoms with van der Waals surface area (Å²) in [6, 6.07) is 0. The lowest BCUT2D eigenvalue weighted by Gasteiger charge is -2.47. The number of hydrogen-bond donors (Lipinski definition) is 3. The highest BCUT2D eigenvalue weighted by atomic mass is 16.3. The molecule has 0 aromatic rings. The van der Waals surface area contributed by atoms with E-state index in [0.717, 1.165) is 6.42 Å². The van der Waals surface area contributed by atoms with Crippen LogP contribution in [0.15, 0.2) is 0 Å². The Labute approximate surface area is 138 Å². The van der Waals surface area contributed by atoms with Crippen molar-refractivity contribution < 1.29 is 15.3 Å². The molecule has 22 heavy (non-hydrogen) atoms. The molecule has 0 fully saturated rings. The lowest BCUT2D eigenvalue weighted by molar-refractivity contribution is -0.138. The minimum atomic E-state index is -0.969. The van der Waals surface area contributed by atoms with E-state index in [9.17, 15) is 15.3 Å². The van der Waals surface area contributed by atoms with Crippen LogP contribution in [-0.4, -0.2) is 32.1 Å². The van der Waals surface area contributed by atoms with Crippen LogP contribution in [0.3, 0.4) is 0 Å². The van der Waals surface area contributed by atoms with Crippen molar-refractivity contribution >= 4 is 0 Å². The van der Waals surface area contributed by atoms with E-state index in [1.165, 1.54) is 0 Å². The Morgan fingerprint density at radius 2 is 1.09 bits per heavy atom. The minimum absolute atomic E-state index is 0.0130. The zero-order valence-electron chi connectivity index (χ0n) is 16.4. The van der Waals surface area contributed by atoms with E-state index in [4.69, 9.17) is 0 Å². The molecule has 0 bridgehead atoms. The third kappa shape index (κ3) is 4.69. The summed E-state index contributed by atoms with van der Waals surface area (Å²) < 4.78 is 0. The predicted molar refractivity (Wildman–Crippen MR) is 93.7 cm³/mol. The van der Waals surface area contributed by atoms with Crippen LogP contribution >= 0.6 is 0 Å². The van der Waals surface area contributed by atoms with E-state index in [1.54, 1.807) is 13.8 Å². The van der Waals surface area contributed by atoms with E-state index >= 15 is 0 Å². The van der Waals surface area contributed by atoms with Crippen molar-refractivity contribution in [3.63, 3.8) is 0 Å². The Kier molecular flexibility index (Phi) is 7.15. The topological polar surface area (TPSA) is 60.7 Å². The first-order valence-electron chi connectivity index (χ1n) is 8.77. The average Bonchev–Trinajstić information content (AvgIpc) is 2.41. The third-order valence-electron chi connectivity index (χ3n) is 6.96. The van der Waals surface area contributed by atoms with E-state index in [1.807, 2.05) is 27.7 Å². The van der Waals surface area contributed by atoms with E-state index in [-0.39, 0.29) is 29.6 Å². The van der Waals surface area contributed by atoms with Gasteiger partial charge in [0.05, 0.1) is 16.8 Å². The van der Waals surface area contributed by atoms with Crippen molar-refractivity contribution in [3.05, 3.63) is 0 Å². The highest BCUT2D eigenvalue weighted by molar-refractivity contribution is 4.96. The van der Waals surface area contributed by atoms with Gasteiger partial charge < -0.3 is 15.3 Å². The molecule has 0 radical (unpaired) electrons. The second-order valence-corrected chi connectivity index (χ2v) is 8.61. The Balaban J connectivity index is 5.24. The predicted octanol–water partition coefficient (Wildman–Crippen LogP) is 3.85. The van der Waals surface area contributed by atoms with Gasteiger partial charge in [0.1, 0.15) is 0 Å². The molecule has 0 rings (SSSR count). The van der Waals surface area contributed by atoms with Gasteiger partial charge in [-0.2, -0.15) is 0 Å². The van der Waals surface area contributed by atoms with Gasteiger partial charge in [-0.15, -0.1) is 0 Å². The lowest BCUT2D eigenvalue weighted by Crippen LogP contribution is -2.52. The molecule has 0 heterocycles. The molecule has 134 valence electrons. The summed E-state index contributed by atoms with van der Waals surface area (Å²) in [7, 11) is 0. The van der Waals surface area contributed by atoms with Gasteiger partial charge >= 0.3 is 0 Å². The maximum absolute atomic E-state index is 11.0. The summed E-state index contributed by atoms with van der Waals surface area (Å²) in [4.78, 5) is 0. The van der Waals surface area contributed by atoms with Crippen LogP contribution in [0, 0.1) is 29.6 Å². The molecular formula is C19H40O3. The summed E-state index contributed by atoms with van der Waals surface area (Å²) in [5, 5.41) is 31.8. The van der Waals surface area contributed by atoms with E-state index in [2.05, 4.69) is 27.7 Å². The Morgan fingerprint density at radius 3 is 1.41 bits per heavy atom. The molecule has 7 unspecified atom stereocenters. The SMILES string of the molecule is CCC(C)(O)C(C)C(C)C(C)C(C)C(C)(O)C(C)C(C)(C)O. The minimum Gasteiger partial charge on any atom is -0.390 e. The zero-order chi connectivity index (χ0) is 18.1. The summed E-state index contributed by atoms with van der Waals surface area (Å²) in [5.74, 6) is 0.409. The second kappa shape index (κ2) is 7.19. The monoisotopic (exact) mass is 316 g/mol. The van der Waals surface area contributed by atoms with Crippen molar-refractivity contribution in [1.82, 2.24) is 0 Å². The largest absolute Gasteiger partial charge is 0.390 e. The summed E-state index contributed by atoms with van der Waals surface area (Å²) in [6.45, 7) is 19.6. The third-order valence-corrected chi connectivity index (χ3v) is 6.96. The fraction of sp³-hybridized carbons (Fsp3) is 1.00. The Morgan fingerprint density at radius 1 is 0.727 bits per heavy atom. The van der Waals surface area contributed by atoms with Crippen molar-refractivity contribution in [3.8, 4) is 0 Å². The smallest absolute Gasteiger partial charge is 0.0700 e. The van der Waals surface area contributed by atoms with Crippen LogP contribution in [-0.2, 0) is 0 Å². The van der Waals surface area contributed by atoms with Gasteiger partial charge in [-0.05, 0) is 57.8 Å². The van der Waals surface area contributed by atoms with Gasteiger partial charge in [-0.1, -0.05) is 41.5 Å². The molecule has 0 saturated carbocycles. The van der Waals surface area contributed by atoms with Crippen LogP contribution in [0.25, 0.3) is 0 Å². The van der Waals surface area contributed by atoms with Crippen molar-refractivity contribution in [2.24, 2.45) is 29.6 Å².